The largest absolute Gasteiger partial charge is 0.374 e. The molecule has 2 aliphatic rings. The predicted molar refractivity (Wildman–Crippen MR) is 99.7 cm³/mol. The fourth-order valence-corrected chi connectivity index (χ4v) is 3.93. The molecule has 5 heteroatoms. The van der Waals surface area contributed by atoms with Crippen molar-refractivity contribution in [2.45, 2.75) is 30.8 Å². The van der Waals surface area contributed by atoms with Crippen LogP contribution in [0.15, 0.2) is 30.3 Å². The number of ether oxygens (including phenoxy) is 1. The van der Waals surface area contributed by atoms with Crippen LogP contribution in [0.25, 0.3) is 0 Å². The summed E-state index contributed by atoms with van der Waals surface area (Å²) in [5, 5.41) is 3.19. The Kier molecular flexibility index (Phi) is 6.10. The topological polar surface area (TPSA) is 44.8 Å². The standard InChI is InChI=1S/C20H31N3O2/c1-22(2)13-18-14-23(11-12-25-18)15-19(24)21-16-20(9-6-10-20)17-7-4-3-5-8-17/h3-5,7-8,18H,6,9-16H2,1-2H3,(H,21,24). The first kappa shape index (κ1) is 18.4. The number of carbonyl (C=O) groups is 1. The third kappa shape index (κ3) is 4.81. The Labute approximate surface area is 151 Å². The van der Waals surface area contributed by atoms with E-state index in [1.807, 2.05) is 0 Å². The molecule has 1 amide bonds. The van der Waals surface area contributed by atoms with Crippen LogP contribution < -0.4 is 5.32 Å². The number of rotatable bonds is 7. The molecule has 0 bridgehead atoms. The molecule has 1 saturated carbocycles. The molecule has 3 rings (SSSR count). The molecule has 138 valence electrons. The Balaban J connectivity index is 1.48. The van der Waals surface area contributed by atoms with E-state index in [1.54, 1.807) is 0 Å². The summed E-state index contributed by atoms with van der Waals surface area (Å²) >= 11 is 0. The summed E-state index contributed by atoms with van der Waals surface area (Å²) in [7, 11) is 4.10. The monoisotopic (exact) mass is 345 g/mol. The van der Waals surface area contributed by atoms with Gasteiger partial charge in [0.05, 0.1) is 19.3 Å². The van der Waals surface area contributed by atoms with E-state index < -0.39 is 0 Å². The van der Waals surface area contributed by atoms with Crippen LogP contribution in [0.5, 0.6) is 0 Å². The Hall–Kier alpha value is -1.43. The highest BCUT2D eigenvalue weighted by Gasteiger charge is 2.38. The van der Waals surface area contributed by atoms with Crippen LogP contribution in [-0.2, 0) is 14.9 Å². The van der Waals surface area contributed by atoms with Gasteiger partial charge >= 0.3 is 0 Å². The van der Waals surface area contributed by atoms with Gasteiger partial charge in [-0.15, -0.1) is 0 Å². The number of benzene rings is 1. The third-order valence-corrected chi connectivity index (χ3v) is 5.48. The van der Waals surface area contributed by atoms with Crippen molar-refractivity contribution in [3.8, 4) is 0 Å². The molecule has 1 aliphatic carbocycles. The van der Waals surface area contributed by atoms with Gasteiger partial charge in [-0.25, -0.2) is 0 Å². The number of morpholine rings is 1. The molecule has 5 nitrogen and oxygen atoms in total. The Bertz CT molecular complexity index is 557. The van der Waals surface area contributed by atoms with E-state index in [0.29, 0.717) is 13.2 Å². The van der Waals surface area contributed by atoms with Crippen LogP contribution >= 0.6 is 0 Å². The van der Waals surface area contributed by atoms with Crippen molar-refractivity contribution in [2.24, 2.45) is 0 Å². The molecule has 0 radical (unpaired) electrons. The van der Waals surface area contributed by atoms with Gasteiger partial charge in [0.15, 0.2) is 0 Å². The van der Waals surface area contributed by atoms with E-state index in [4.69, 9.17) is 4.74 Å². The molecule has 1 N–H and O–H groups in total. The highest BCUT2D eigenvalue weighted by molar-refractivity contribution is 5.78. The van der Waals surface area contributed by atoms with Crippen LogP contribution in [0.2, 0.25) is 0 Å². The summed E-state index contributed by atoms with van der Waals surface area (Å²) < 4.78 is 5.78. The average molecular weight is 345 g/mol. The summed E-state index contributed by atoms with van der Waals surface area (Å²) in [6.07, 6.45) is 3.78. The van der Waals surface area contributed by atoms with Crippen molar-refractivity contribution in [2.75, 3.05) is 53.4 Å². The molecule has 0 spiro atoms. The van der Waals surface area contributed by atoms with E-state index in [0.717, 1.165) is 26.2 Å². The number of carbonyl (C=O) groups excluding carboxylic acids is 1. The van der Waals surface area contributed by atoms with Gasteiger partial charge in [-0.3, -0.25) is 9.69 Å². The molecule has 1 aromatic rings. The van der Waals surface area contributed by atoms with Crippen molar-refractivity contribution in [1.82, 2.24) is 15.1 Å². The Morgan fingerprint density at radius 3 is 2.72 bits per heavy atom. The molecule has 1 saturated heterocycles. The second-order valence-electron chi connectivity index (χ2n) is 7.77. The van der Waals surface area contributed by atoms with Gasteiger partial charge in [-0.2, -0.15) is 0 Å². The maximum Gasteiger partial charge on any atom is 0.234 e. The molecule has 1 unspecified atom stereocenters. The zero-order valence-electron chi connectivity index (χ0n) is 15.5. The maximum absolute atomic E-state index is 12.5. The van der Waals surface area contributed by atoms with Gasteiger partial charge in [-0.1, -0.05) is 36.8 Å². The first-order chi connectivity index (χ1) is 12.1. The van der Waals surface area contributed by atoms with Gasteiger partial charge in [0, 0.05) is 31.6 Å². The van der Waals surface area contributed by atoms with Gasteiger partial charge in [0.2, 0.25) is 5.91 Å². The molecule has 1 aromatic carbocycles. The van der Waals surface area contributed by atoms with Gasteiger partial charge in [0.1, 0.15) is 0 Å². The SMILES string of the molecule is CN(C)CC1CN(CC(=O)NCC2(c3ccccc3)CCC2)CCO1. The molecule has 1 heterocycles. The Morgan fingerprint density at radius 1 is 1.32 bits per heavy atom. The summed E-state index contributed by atoms with van der Waals surface area (Å²) in [4.78, 5) is 16.8. The fraction of sp³-hybridized carbons (Fsp3) is 0.650. The minimum atomic E-state index is 0.132. The van der Waals surface area contributed by atoms with E-state index in [-0.39, 0.29) is 17.4 Å². The minimum absolute atomic E-state index is 0.132. The lowest BCUT2D eigenvalue weighted by Crippen LogP contribution is -2.51. The van der Waals surface area contributed by atoms with Crippen molar-refractivity contribution in [3.63, 3.8) is 0 Å². The van der Waals surface area contributed by atoms with Crippen LogP contribution in [0.4, 0.5) is 0 Å². The lowest BCUT2D eigenvalue weighted by Gasteiger charge is -2.43. The first-order valence-electron chi connectivity index (χ1n) is 9.38. The van der Waals surface area contributed by atoms with E-state index in [9.17, 15) is 4.79 Å². The number of hydrogen-bond acceptors (Lipinski definition) is 4. The van der Waals surface area contributed by atoms with Crippen LogP contribution in [0, 0.1) is 0 Å². The number of likely N-dealkylation sites (N-methyl/N-ethyl adjacent to an activating group) is 1. The van der Waals surface area contributed by atoms with Crippen LogP contribution in [0.3, 0.4) is 0 Å². The summed E-state index contributed by atoms with van der Waals surface area (Å²) in [5.41, 5.74) is 1.51. The maximum atomic E-state index is 12.5. The number of amides is 1. The fourth-order valence-electron chi connectivity index (χ4n) is 3.93. The second-order valence-corrected chi connectivity index (χ2v) is 7.77. The number of nitrogens with one attached hydrogen (secondary N) is 1. The lowest BCUT2D eigenvalue weighted by molar-refractivity contribution is -0.124. The zero-order chi connectivity index (χ0) is 17.7. The highest BCUT2D eigenvalue weighted by Crippen LogP contribution is 2.43. The first-order valence-corrected chi connectivity index (χ1v) is 9.38. The average Bonchev–Trinajstić information content (AvgIpc) is 2.54. The van der Waals surface area contributed by atoms with E-state index >= 15 is 0 Å². The molecule has 2 fully saturated rings. The van der Waals surface area contributed by atoms with E-state index in [1.165, 1.54) is 24.8 Å². The number of nitrogens with zero attached hydrogens (tertiary/aromatic N) is 2. The predicted octanol–water partition coefficient (Wildman–Crippen LogP) is 1.49. The zero-order valence-corrected chi connectivity index (χ0v) is 15.5. The van der Waals surface area contributed by atoms with Gasteiger partial charge in [0.25, 0.3) is 0 Å². The summed E-state index contributed by atoms with van der Waals surface area (Å²) in [5.74, 6) is 0.132. The van der Waals surface area contributed by atoms with E-state index in [2.05, 4.69) is 59.5 Å². The minimum Gasteiger partial charge on any atom is -0.374 e. The molecule has 25 heavy (non-hydrogen) atoms. The smallest absolute Gasteiger partial charge is 0.234 e. The van der Waals surface area contributed by atoms with Crippen molar-refractivity contribution in [1.29, 1.82) is 0 Å². The van der Waals surface area contributed by atoms with Crippen molar-refractivity contribution in [3.05, 3.63) is 35.9 Å². The van der Waals surface area contributed by atoms with Crippen LogP contribution in [-0.4, -0.2) is 75.2 Å². The lowest BCUT2D eigenvalue weighted by atomic mass is 9.64. The number of hydrogen-bond donors (Lipinski definition) is 1. The molecular formula is C20H31N3O2. The second kappa shape index (κ2) is 8.30. The molecule has 1 atom stereocenters. The third-order valence-electron chi connectivity index (χ3n) is 5.48. The summed E-state index contributed by atoms with van der Waals surface area (Å²) in [6.45, 7) is 4.49. The van der Waals surface area contributed by atoms with Crippen molar-refractivity contribution >= 4 is 5.91 Å². The Morgan fingerprint density at radius 2 is 2.08 bits per heavy atom. The van der Waals surface area contributed by atoms with Gasteiger partial charge in [-0.05, 0) is 32.5 Å². The molecular weight excluding hydrogens is 314 g/mol. The van der Waals surface area contributed by atoms with Crippen LogP contribution in [0.1, 0.15) is 24.8 Å². The molecule has 0 aromatic heterocycles. The normalized spacial score (nSPS) is 23.2. The quantitative estimate of drug-likeness (QED) is 0.813. The summed E-state index contributed by atoms with van der Waals surface area (Å²) in [6, 6.07) is 10.6. The molecule has 1 aliphatic heterocycles. The van der Waals surface area contributed by atoms with Gasteiger partial charge < -0.3 is 15.0 Å². The van der Waals surface area contributed by atoms with Crippen molar-refractivity contribution < 1.29 is 9.53 Å². The highest BCUT2D eigenvalue weighted by atomic mass is 16.5.